The number of rotatable bonds is 2. The van der Waals surface area contributed by atoms with Crippen molar-refractivity contribution in [2.75, 3.05) is 4.90 Å². The van der Waals surface area contributed by atoms with E-state index in [-0.39, 0.29) is 16.8 Å². The van der Waals surface area contributed by atoms with Crippen LogP contribution in [0.25, 0.3) is 6.08 Å². The van der Waals surface area contributed by atoms with Gasteiger partial charge in [0.15, 0.2) is 0 Å². The van der Waals surface area contributed by atoms with Gasteiger partial charge < -0.3 is 4.57 Å². The first-order valence-electron chi connectivity index (χ1n) is 8.03. The maximum Gasteiger partial charge on any atom is 0.335 e. The number of nitrogens with zero attached hydrogens (tertiary/aromatic N) is 2. The van der Waals surface area contributed by atoms with Crippen LogP contribution >= 0.6 is 0 Å². The second kappa shape index (κ2) is 6.25. The van der Waals surface area contributed by atoms with Gasteiger partial charge in [0.2, 0.25) is 0 Å². The Balaban J connectivity index is 2.05. The topological polar surface area (TPSA) is 71.4 Å². The molecule has 0 aliphatic carbocycles. The molecule has 0 spiro atoms. The summed E-state index contributed by atoms with van der Waals surface area (Å²) in [6.07, 6.45) is 3.27. The van der Waals surface area contributed by atoms with Gasteiger partial charge >= 0.3 is 6.03 Å². The molecule has 0 atom stereocenters. The number of hydrogen-bond donors (Lipinski definition) is 1. The number of urea groups is 1. The number of amides is 4. The van der Waals surface area contributed by atoms with Crippen molar-refractivity contribution in [3.8, 4) is 0 Å². The number of halogens is 1. The molecule has 26 heavy (non-hydrogen) atoms. The molecule has 2 aromatic rings. The number of aromatic nitrogens is 1. The molecule has 4 amide bonds. The molecule has 0 unspecified atom stereocenters. The van der Waals surface area contributed by atoms with Crippen molar-refractivity contribution in [2.45, 2.75) is 26.3 Å². The summed E-state index contributed by atoms with van der Waals surface area (Å²) < 4.78 is 15.4. The van der Waals surface area contributed by atoms with Crippen molar-refractivity contribution < 1.29 is 18.8 Å². The highest BCUT2D eigenvalue weighted by atomic mass is 19.1. The van der Waals surface area contributed by atoms with Crippen molar-refractivity contribution in [3.63, 3.8) is 0 Å². The number of nitrogens with one attached hydrogen (secondary N) is 1. The lowest BCUT2D eigenvalue weighted by molar-refractivity contribution is -0.122. The maximum absolute atomic E-state index is 13.5. The van der Waals surface area contributed by atoms with Crippen molar-refractivity contribution in [1.29, 1.82) is 0 Å². The number of barbiturate groups is 1. The smallest absolute Gasteiger partial charge is 0.335 e. The van der Waals surface area contributed by atoms with Crippen LogP contribution in [-0.4, -0.2) is 22.4 Å². The molecule has 1 saturated heterocycles. The van der Waals surface area contributed by atoms with Gasteiger partial charge in [0.25, 0.3) is 11.8 Å². The third kappa shape index (κ3) is 3.15. The normalized spacial score (nSPS) is 17.0. The Labute approximate surface area is 149 Å². The number of benzene rings is 1. The highest BCUT2D eigenvalue weighted by Crippen LogP contribution is 2.24. The van der Waals surface area contributed by atoms with Gasteiger partial charge in [-0.05, 0) is 57.2 Å². The fourth-order valence-corrected chi connectivity index (χ4v) is 2.78. The van der Waals surface area contributed by atoms with Gasteiger partial charge in [-0.3, -0.25) is 14.9 Å². The van der Waals surface area contributed by atoms with E-state index in [2.05, 4.69) is 5.32 Å². The Morgan fingerprint density at radius 3 is 2.46 bits per heavy atom. The predicted octanol–water partition coefficient (Wildman–Crippen LogP) is 3.05. The average Bonchev–Trinajstić information content (AvgIpc) is 3.00. The van der Waals surface area contributed by atoms with E-state index in [1.54, 1.807) is 12.1 Å². The Bertz CT molecular complexity index is 938. The van der Waals surface area contributed by atoms with Crippen molar-refractivity contribution >= 4 is 29.6 Å². The molecule has 1 aliphatic heterocycles. The lowest BCUT2D eigenvalue weighted by atomic mass is 10.1. The Kier molecular flexibility index (Phi) is 4.23. The Morgan fingerprint density at radius 2 is 1.81 bits per heavy atom. The molecule has 2 heterocycles. The largest absolute Gasteiger partial charge is 0.343 e. The maximum atomic E-state index is 13.5. The van der Waals surface area contributed by atoms with Gasteiger partial charge in [0, 0.05) is 17.4 Å². The monoisotopic (exact) mass is 355 g/mol. The van der Waals surface area contributed by atoms with E-state index in [0.29, 0.717) is 5.69 Å². The van der Waals surface area contributed by atoms with Crippen LogP contribution < -0.4 is 10.2 Å². The first kappa shape index (κ1) is 17.6. The van der Waals surface area contributed by atoms with Gasteiger partial charge in [-0.15, -0.1) is 0 Å². The van der Waals surface area contributed by atoms with Crippen LogP contribution in [0, 0.1) is 5.82 Å². The van der Waals surface area contributed by atoms with Gasteiger partial charge in [0.1, 0.15) is 11.4 Å². The van der Waals surface area contributed by atoms with Crippen LogP contribution in [0.15, 0.2) is 48.2 Å². The minimum absolute atomic E-state index is 0.0529. The summed E-state index contributed by atoms with van der Waals surface area (Å²) in [5.74, 6) is -2.17. The molecule has 1 N–H and O–H groups in total. The second-order valence-corrected chi connectivity index (χ2v) is 6.91. The molecule has 1 aromatic carbocycles. The van der Waals surface area contributed by atoms with Gasteiger partial charge in [0.05, 0.1) is 5.69 Å². The van der Waals surface area contributed by atoms with Crippen molar-refractivity contribution in [3.05, 3.63) is 59.7 Å². The van der Waals surface area contributed by atoms with Crippen LogP contribution in [-0.2, 0) is 15.1 Å². The minimum atomic E-state index is -0.908. The number of hydrogen-bond acceptors (Lipinski definition) is 3. The SMILES string of the molecule is CC(C)(C)n1cccc1C=C1C(=O)NC(=O)N(c2cccc(F)c2)C1=O. The quantitative estimate of drug-likeness (QED) is 0.665. The lowest BCUT2D eigenvalue weighted by Crippen LogP contribution is -2.54. The summed E-state index contributed by atoms with van der Waals surface area (Å²) in [5.41, 5.74) is 0.238. The second-order valence-electron chi connectivity index (χ2n) is 6.91. The van der Waals surface area contributed by atoms with E-state index in [9.17, 15) is 18.8 Å². The van der Waals surface area contributed by atoms with E-state index >= 15 is 0 Å². The molecule has 1 aromatic heterocycles. The molecule has 1 aliphatic rings. The molecule has 7 heteroatoms. The van der Waals surface area contributed by atoms with Crippen LogP contribution in [0.3, 0.4) is 0 Å². The third-order valence-corrected chi connectivity index (χ3v) is 3.96. The molecule has 0 radical (unpaired) electrons. The van der Waals surface area contributed by atoms with Crippen molar-refractivity contribution in [1.82, 2.24) is 9.88 Å². The molecule has 6 nitrogen and oxygen atoms in total. The fourth-order valence-electron chi connectivity index (χ4n) is 2.78. The standard InChI is InChI=1S/C19H18FN3O3/c1-19(2,3)22-9-5-8-13(22)11-15-16(24)21-18(26)23(17(15)25)14-7-4-6-12(20)10-14/h4-11H,1-3H3,(H,21,24,26). The molecular weight excluding hydrogens is 337 g/mol. The summed E-state index contributed by atoms with van der Waals surface area (Å²) in [6.45, 7) is 5.96. The van der Waals surface area contributed by atoms with E-state index in [4.69, 9.17) is 0 Å². The van der Waals surface area contributed by atoms with E-state index in [1.165, 1.54) is 24.3 Å². The van der Waals surface area contributed by atoms with E-state index < -0.39 is 23.7 Å². The summed E-state index contributed by atoms with van der Waals surface area (Å²) >= 11 is 0. The Hall–Kier alpha value is -3.22. The molecular formula is C19H18FN3O3. The van der Waals surface area contributed by atoms with Gasteiger partial charge in [-0.2, -0.15) is 0 Å². The summed E-state index contributed by atoms with van der Waals surface area (Å²) in [6, 6.07) is 7.73. The lowest BCUT2D eigenvalue weighted by Gasteiger charge is -2.27. The summed E-state index contributed by atoms with van der Waals surface area (Å²) in [7, 11) is 0. The third-order valence-electron chi connectivity index (χ3n) is 3.96. The van der Waals surface area contributed by atoms with E-state index in [1.807, 2.05) is 31.5 Å². The molecule has 3 rings (SSSR count). The number of carbonyl (C=O) groups is 3. The van der Waals surface area contributed by atoms with Gasteiger partial charge in [-0.25, -0.2) is 14.1 Å². The van der Waals surface area contributed by atoms with Crippen LogP contribution in [0.1, 0.15) is 26.5 Å². The zero-order chi connectivity index (χ0) is 19.1. The molecule has 1 fully saturated rings. The number of anilines is 1. The minimum Gasteiger partial charge on any atom is -0.343 e. The highest BCUT2D eigenvalue weighted by molar-refractivity contribution is 6.39. The zero-order valence-electron chi connectivity index (χ0n) is 14.6. The molecule has 0 bridgehead atoms. The first-order valence-corrected chi connectivity index (χ1v) is 8.03. The van der Waals surface area contributed by atoms with Crippen LogP contribution in [0.5, 0.6) is 0 Å². The van der Waals surface area contributed by atoms with Crippen LogP contribution in [0.4, 0.5) is 14.9 Å². The fraction of sp³-hybridized carbons (Fsp3) is 0.211. The average molecular weight is 355 g/mol. The summed E-state index contributed by atoms with van der Waals surface area (Å²) in [5, 5.41) is 2.13. The van der Waals surface area contributed by atoms with Gasteiger partial charge in [-0.1, -0.05) is 6.07 Å². The first-order chi connectivity index (χ1) is 12.2. The zero-order valence-corrected chi connectivity index (χ0v) is 14.6. The number of carbonyl (C=O) groups excluding carboxylic acids is 3. The highest BCUT2D eigenvalue weighted by Gasteiger charge is 2.37. The predicted molar refractivity (Wildman–Crippen MR) is 94.8 cm³/mol. The molecule has 0 saturated carbocycles. The van der Waals surface area contributed by atoms with Crippen LogP contribution in [0.2, 0.25) is 0 Å². The molecule has 134 valence electrons. The van der Waals surface area contributed by atoms with E-state index in [0.717, 1.165) is 11.0 Å². The Morgan fingerprint density at radius 1 is 1.08 bits per heavy atom. The number of imide groups is 2. The van der Waals surface area contributed by atoms with Crippen molar-refractivity contribution in [2.24, 2.45) is 0 Å². The summed E-state index contributed by atoms with van der Waals surface area (Å²) in [4.78, 5) is 37.9.